The van der Waals surface area contributed by atoms with Crippen LogP contribution >= 0.6 is 0 Å². The molecule has 0 saturated carbocycles. The Labute approximate surface area is 125 Å². The third kappa shape index (κ3) is 2.85. The molecule has 3 rings (SSSR count). The molecule has 1 fully saturated rings. The Kier molecular flexibility index (Phi) is 3.90. The molecule has 1 aromatic heterocycles. The van der Waals surface area contributed by atoms with Crippen molar-refractivity contribution in [1.29, 1.82) is 0 Å². The van der Waals surface area contributed by atoms with Crippen LogP contribution in [-0.2, 0) is 6.18 Å². The van der Waals surface area contributed by atoms with Crippen LogP contribution in [0.2, 0.25) is 0 Å². The van der Waals surface area contributed by atoms with Gasteiger partial charge in [0.1, 0.15) is 0 Å². The number of halogens is 3. The van der Waals surface area contributed by atoms with Gasteiger partial charge in [0, 0.05) is 6.54 Å². The van der Waals surface area contributed by atoms with Gasteiger partial charge in [-0.2, -0.15) is 13.2 Å². The maximum atomic E-state index is 12.8. The summed E-state index contributed by atoms with van der Waals surface area (Å²) < 4.78 is 39.9. The van der Waals surface area contributed by atoms with Gasteiger partial charge in [-0.05, 0) is 37.6 Å². The Bertz CT molecular complexity index is 731. The Morgan fingerprint density at radius 3 is 2.86 bits per heavy atom. The summed E-state index contributed by atoms with van der Waals surface area (Å²) in [4.78, 5) is 16.7. The molecule has 1 atom stereocenters. The van der Waals surface area contributed by atoms with Crippen molar-refractivity contribution < 1.29 is 13.2 Å². The summed E-state index contributed by atoms with van der Waals surface area (Å²) in [7, 11) is 0. The molecule has 0 aliphatic carbocycles. The van der Waals surface area contributed by atoms with E-state index in [1.54, 1.807) is 0 Å². The second-order valence-electron chi connectivity index (χ2n) is 5.54. The summed E-state index contributed by atoms with van der Waals surface area (Å²) in [6.07, 6.45) is -0.199. The summed E-state index contributed by atoms with van der Waals surface area (Å²) in [5, 5.41) is 3.25. The third-order valence-electron chi connectivity index (χ3n) is 4.02. The Morgan fingerprint density at radius 1 is 1.27 bits per heavy atom. The molecular weight excluding hydrogens is 295 g/mol. The number of hydrogen-bond acceptors (Lipinski definition) is 3. The van der Waals surface area contributed by atoms with E-state index in [9.17, 15) is 18.0 Å². The van der Waals surface area contributed by atoms with Crippen molar-refractivity contribution in [1.82, 2.24) is 14.9 Å². The van der Waals surface area contributed by atoms with Crippen LogP contribution in [0.25, 0.3) is 10.9 Å². The van der Waals surface area contributed by atoms with Gasteiger partial charge in [-0.1, -0.05) is 6.42 Å². The van der Waals surface area contributed by atoms with E-state index in [4.69, 9.17) is 0 Å². The molecule has 2 heterocycles. The van der Waals surface area contributed by atoms with E-state index >= 15 is 0 Å². The van der Waals surface area contributed by atoms with Crippen molar-refractivity contribution in [3.8, 4) is 0 Å². The van der Waals surface area contributed by atoms with Crippen LogP contribution in [0.5, 0.6) is 0 Å². The molecule has 1 aliphatic heterocycles. The second-order valence-corrected chi connectivity index (χ2v) is 5.54. The standard InChI is InChI=1S/C15H16F3N3O/c16-15(17,18)10-4-5-13-12(7-10)14(22)21(9-20-13)11-3-1-2-6-19-8-11/h4-5,7,9,11,19H,1-3,6,8H2. The normalized spacial score (nSPS) is 20.0. The van der Waals surface area contributed by atoms with E-state index in [2.05, 4.69) is 10.3 Å². The SMILES string of the molecule is O=c1c2cc(C(F)(F)F)ccc2ncn1C1CCCCNC1. The molecule has 0 bridgehead atoms. The molecule has 7 heteroatoms. The zero-order valence-corrected chi connectivity index (χ0v) is 11.9. The number of aromatic nitrogens is 2. The highest BCUT2D eigenvalue weighted by molar-refractivity contribution is 5.78. The number of rotatable bonds is 1. The summed E-state index contributed by atoms with van der Waals surface area (Å²) in [5.41, 5.74) is -0.948. The van der Waals surface area contributed by atoms with Gasteiger partial charge in [0.05, 0.1) is 28.8 Å². The van der Waals surface area contributed by atoms with Gasteiger partial charge in [-0.25, -0.2) is 4.98 Å². The fourth-order valence-electron chi connectivity index (χ4n) is 2.81. The number of alkyl halides is 3. The first kappa shape index (κ1) is 15.0. The second kappa shape index (κ2) is 5.72. The molecule has 1 unspecified atom stereocenters. The zero-order chi connectivity index (χ0) is 15.7. The van der Waals surface area contributed by atoms with Crippen molar-refractivity contribution in [3.05, 3.63) is 40.4 Å². The first-order valence-electron chi connectivity index (χ1n) is 7.25. The highest BCUT2D eigenvalue weighted by Gasteiger charge is 2.31. The van der Waals surface area contributed by atoms with E-state index in [-0.39, 0.29) is 16.9 Å². The van der Waals surface area contributed by atoms with Gasteiger partial charge in [-0.15, -0.1) is 0 Å². The first-order chi connectivity index (χ1) is 10.5. The van der Waals surface area contributed by atoms with Gasteiger partial charge >= 0.3 is 6.18 Å². The Balaban J connectivity index is 2.09. The molecule has 1 N–H and O–H groups in total. The minimum atomic E-state index is -4.47. The zero-order valence-electron chi connectivity index (χ0n) is 11.9. The lowest BCUT2D eigenvalue weighted by molar-refractivity contribution is -0.137. The summed E-state index contributed by atoms with van der Waals surface area (Å²) in [6, 6.07) is 3.02. The Morgan fingerprint density at radius 2 is 2.09 bits per heavy atom. The molecule has 0 radical (unpaired) electrons. The van der Waals surface area contributed by atoms with Crippen LogP contribution in [0.15, 0.2) is 29.3 Å². The van der Waals surface area contributed by atoms with Crippen molar-refractivity contribution in [2.75, 3.05) is 13.1 Å². The average Bonchev–Trinajstić information content (AvgIpc) is 2.75. The van der Waals surface area contributed by atoms with E-state index in [1.165, 1.54) is 17.0 Å². The van der Waals surface area contributed by atoms with Crippen molar-refractivity contribution in [3.63, 3.8) is 0 Å². The van der Waals surface area contributed by atoms with Crippen molar-refractivity contribution >= 4 is 10.9 Å². The van der Waals surface area contributed by atoms with E-state index in [1.807, 2.05) is 0 Å². The summed E-state index contributed by atoms with van der Waals surface area (Å²) in [6.45, 7) is 1.52. The smallest absolute Gasteiger partial charge is 0.315 e. The van der Waals surface area contributed by atoms with Crippen molar-refractivity contribution in [2.45, 2.75) is 31.5 Å². The first-order valence-corrected chi connectivity index (χ1v) is 7.25. The molecule has 1 aromatic carbocycles. The Hall–Kier alpha value is -1.89. The largest absolute Gasteiger partial charge is 0.416 e. The lowest BCUT2D eigenvalue weighted by Crippen LogP contribution is -2.31. The maximum absolute atomic E-state index is 12.8. The molecular formula is C15H16F3N3O. The molecule has 2 aromatic rings. The maximum Gasteiger partial charge on any atom is 0.416 e. The lowest BCUT2D eigenvalue weighted by atomic mass is 10.1. The number of nitrogens with zero attached hydrogens (tertiary/aromatic N) is 2. The molecule has 0 spiro atoms. The van der Waals surface area contributed by atoms with Crippen molar-refractivity contribution in [2.24, 2.45) is 0 Å². The van der Waals surface area contributed by atoms with Gasteiger partial charge in [0.25, 0.3) is 5.56 Å². The van der Waals surface area contributed by atoms with Crippen LogP contribution < -0.4 is 10.9 Å². The van der Waals surface area contributed by atoms with Crippen LogP contribution in [0.4, 0.5) is 13.2 Å². The lowest BCUT2D eigenvalue weighted by Gasteiger charge is -2.18. The van der Waals surface area contributed by atoms with E-state index in [0.717, 1.165) is 37.9 Å². The molecule has 1 aliphatic rings. The number of hydrogen-bond donors (Lipinski definition) is 1. The number of fused-ring (bicyclic) bond motifs is 1. The molecule has 0 amide bonds. The van der Waals surface area contributed by atoms with Gasteiger partial charge in [-0.3, -0.25) is 9.36 Å². The number of nitrogens with one attached hydrogen (secondary N) is 1. The third-order valence-corrected chi connectivity index (χ3v) is 4.02. The molecule has 1 saturated heterocycles. The quantitative estimate of drug-likeness (QED) is 0.881. The van der Waals surface area contributed by atoms with Gasteiger partial charge in [0.2, 0.25) is 0 Å². The highest BCUT2D eigenvalue weighted by atomic mass is 19.4. The summed E-state index contributed by atoms with van der Waals surface area (Å²) >= 11 is 0. The van der Waals surface area contributed by atoms with E-state index in [0.29, 0.717) is 6.54 Å². The minimum Gasteiger partial charge on any atom is -0.315 e. The predicted octanol–water partition coefficient (Wildman–Crippen LogP) is 2.73. The fourth-order valence-corrected chi connectivity index (χ4v) is 2.81. The minimum absolute atomic E-state index is 0.0153. The van der Waals surface area contributed by atoms with Gasteiger partial charge < -0.3 is 5.32 Å². The molecule has 4 nitrogen and oxygen atoms in total. The number of benzene rings is 1. The highest BCUT2D eigenvalue weighted by Crippen LogP contribution is 2.30. The average molecular weight is 311 g/mol. The van der Waals surface area contributed by atoms with Gasteiger partial charge in [0.15, 0.2) is 0 Å². The van der Waals surface area contributed by atoms with Crippen LogP contribution in [0.1, 0.15) is 30.9 Å². The topological polar surface area (TPSA) is 46.9 Å². The van der Waals surface area contributed by atoms with Crippen LogP contribution in [0.3, 0.4) is 0 Å². The van der Waals surface area contributed by atoms with E-state index < -0.39 is 17.3 Å². The fraction of sp³-hybridized carbons (Fsp3) is 0.467. The van der Waals surface area contributed by atoms with Crippen LogP contribution in [-0.4, -0.2) is 22.6 Å². The predicted molar refractivity (Wildman–Crippen MR) is 76.8 cm³/mol. The van der Waals surface area contributed by atoms with Crippen LogP contribution in [0, 0.1) is 0 Å². The molecule has 118 valence electrons. The monoisotopic (exact) mass is 311 g/mol. The molecule has 22 heavy (non-hydrogen) atoms. The summed E-state index contributed by atoms with van der Waals surface area (Å²) in [5.74, 6) is 0.